The Bertz CT molecular complexity index is 484. The van der Waals surface area contributed by atoms with Gasteiger partial charge < -0.3 is 14.9 Å². The van der Waals surface area contributed by atoms with Crippen LogP contribution in [0.15, 0.2) is 18.2 Å². The molecular weight excluding hydrogens is 309 g/mol. The van der Waals surface area contributed by atoms with Crippen LogP contribution >= 0.6 is 11.8 Å². The maximum Gasteiger partial charge on any atom is 0.387 e. The second-order valence-corrected chi connectivity index (χ2v) is 5.47. The first-order chi connectivity index (χ1) is 9.81. The molecule has 0 heterocycles. The molecule has 0 aromatic heterocycles. The van der Waals surface area contributed by atoms with Gasteiger partial charge in [0.25, 0.3) is 0 Å². The summed E-state index contributed by atoms with van der Waals surface area (Å²) in [7, 11) is 0. The van der Waals surface area contributed by atoms with E-state index in [9.17, 15) is 28.2 Å². The normalized spacial score (nSPS) is 14.0. The SMILES string of the molecule is CC(=O)SCCC(O)C(O)c1ccc(F)cc1OC(F)F. The molecule has 0 aliphatic heterocycles. The highest BCUT2D eigenvalue weighted by atomic mass is 32.2. The van der Waals surface area contributed by atoms with Crippen molar-refractivity contribution in [3.05, 3.63) is 29.6 Å². The Morgan fingerprint density at radius 2 is 2.05 bits per heavy atom. The van der Waals surface area contributed by atoms with Crippen LogP contribution in [-0.2, 0) is 4.79 Å². The van der Waals surface area contributed by atoms with Gasteiger partial charge in [-0.3, -0.25) is 4.79 Å². The number of carbonyl (C=O) groups excluding carboxylic acids is 1. The molecule has 118 valence electrons. The van der Waals surface area contributed by atoms with Crippen molar-refractivity contribution in [1.29, 1.82) is 0 Å². The smallest absolute Gasteiger partial charge is 0.387 e. The van der Waals surface area contributed by atoms with Gasteiger partial charge in [0.05, 0.1) is 6.10 Å². The molecule has 1 aromatic carbocycles. The number of alkyl halides is 2. The molecule has 0 bridgehead atoms. The molecule has 4 nitrogen and oxygen atoms in total. The van der Waals surface area contributed by atoms with Crippen LogP contribution in [0.25, 0.3) is 0 Å². The third-order valence-electron chi connectivity index (χ3n) is 2.59. The summed E-state index contributed by atoms with van der Waals surface area (Å²) in [5.74, 6) is -1.07. The van der Waals surface area contributed by atoms with Gasteiger partial charge in [0.2, 0.25) is 0 Å². The number of benzene rings is 1. The molecule has 1 rings (SSSR count). The van der Waals surface area contributed by atoms with E-state index in [0.717, 1.165) is 23.9 Å². The summed E-state index contributed by atoms with van der Waals surface area (Å²) in [6.45, 7) is -1.81. The number of ether oxygens (including phenoxy) is 1. The van der Waals surface area contributed by atoms with Crippen LogP contribution in [0.1, 0.15) is 25.0 Å². The summed E-state index contributed by atoms with van der Waals surface area (Å²) in [6, 6.07) is 2.74. The predicted molar refractivity (Wildman–Crippen MR) is 71.8 cm³/mol. The second kappa shape index (κ2) is 8.26. The maximum atomic E-state index is 13.0. The zero-order valence-corrected chi connectivity index (χ0v) is 11.9. The minimum Gasteiger partial charge on any atom is -0.434 e. The summed E-state index contributed by atoms with van der Waals surface area (Å²) in [5, 5.41) is 19.6. The minimum absolute atomic E-state index is 0.0664. The number of thioether (sulfide) groups is 1. The standard InChI is InChI=1S/C13H15F3O4S/c1-7(17)21-5-4-10(18)12(19)9-3-2-8(14)6-11(9)20-13(15)16/h2-3,6,10,12-13,18-19H,4-5H2,1H3. The first kappa shape index (κ1) is 17.8. The molecule has 0 radical (unpaired) electrons. The van der Waals surface area contributed by atoms with Crippen molar-refractivity contribution >= 4 is 16.9 Å². The summed E-state index contributed by atoms with van der Waals surface area (Å²) in [6.07, 6.45) is -2.74. The molecular formula is C13H15F3O4S. The van der Waals surface area contributed by atoms with Gasteiger partial charge in [-0.25, -0.2) is 4.39 Å². The number of hydrogen-bond acceptors (Lipinski definition) is 5. The summed E-state index contributed by atoms with van der Waals surface area (Å²) < 4.78 is 41.7. The van der Waals surface area contributed by atoms with Gasteiger partial charge in [-0.1, -0.05) is 11.8 Å². The van der Waals surface area contributed by atoms with Gasteiger partial charge >= 0.3 is 6.61 Å². The van der Waals surface area contributed by atoms with Gasteiger partial charge in [-0.15, -0.1) is 0 Å². The third kappa shape index (κ3) is 5.94. The Hall–Kier alpha value is -1.25. The quantitative estimate of drug-likeness (QED) is 0.807. The summed E-state index contributed by atoms with van der Waals surface area (Å²) >= 11 is 0.968. The Labute approximate surface area is 123 Å². The van der Waals surface area contributed by atoms with Crippen molar-refractivity contribution in [3.8, 4) is 5.75 Å². The molecule has 0 aliphatic carbocycles. The van der Waals surface area contributed by atoms with E-state index >= 15 is 0 Å². The van der Waals surface area contributed by atoms with Crippen molar-refractivity contribution in [3.63, 3.8) is 0 Å². The molecule has 2 unspecified atom stereocenters. The molecule has 0 aliphatic rings. The van der Waals surface area contributed by atoms with Crippen LogP contribution < -0.4 is 4.74 Å². The average Bonchev–Trinajstić information content (AvgIpc) is 2.36. The number of rotatable bonds is 7. The Kier molecular flexibility index (Phi) is 7.00. The summed E-state index contributed by atoms with van der Waals surface area (Å²) in [4.78, 5) is 10.8. The molecule has 2 N–H and O–H groups in total. The van der Waals surface area contributed by atoms with Gasteiger partial charge in [-0.2, -0.15) is 8.78 Å². The lowest BCUT2D eigenvalue weighted by Gasteiger charge is -2.20. The zero-order chi connectivity index (χ0) is 16.0. The molecule has 0 saturated carbocycles. The van der Waals surface area contributed by atoms with Crippen molar-refractivity contribution in [2.75, 3.05) is 5.75 Å². The van der Waals surface area contributed by atoms with Crippen LogP contribution in [0.2, 0.25) is 0 Å². The molecule has 0 saturated heterocycles. The lowest BCUT2D eigenvalue weighted by atomic mass is 10.0. The number of aliphatic hydroxyl groups excluding tert-OH is 2. The average molecular weight is 324 g/mol. The molecule has 0 fully saturated rings. The largest absolute Gasteiger partial charge is 0.434 e. The van der Waals surface area contributed by atoms with Gasteiger partial charge in [-0.05, 0) is 18.6 Å². The van der Waals surface area contributed by atoms with Crippen LogP contribution in [-0.4, -0.2) is 33.8 Å². The lowest BCUT2D eigenvalue weighted by Crippen LogP contribution is -2.20. The lowest BCUT2D eigenvalue weighted by molar-refractivity contribution is -0.109. The monoisotopic (exact) mass is 324 g/mol. The fourth-order valence-electron chi connectivity index (χ4n) is 1.64. The minimum atomic E-state index is -3.18. The molecule has 1 aromatic rings. The number of aliphatic hydroxyl groups is 2. The van der Waals surface area contributed by atoms with E-state index in [-0.39, 0.29) is 22.9 Å². The molecule has 0 amide bonds. The third-order valence-corrected chi connectivity index (χ3v) is 3.44. The van der Waals surface area contributed by atoms with E-state index in [0.29, 0.717) is 6.07 Å². The van der Waals surface area contributed by atoms with Crippen LogP contribution in [0.3, 0.4) is 0 Å². The van der Waals surface area contributed by atoms with E-state index in [2.05, 4.69) is 4.74 Å². The van der Waals surface area contributed by atoms with Crippen molar-refractivity contribution in [2.45, 2.75) is 32.2 Å². The number of halogens is 3. The molecule has 0 spiro atoms. The van der Waals surface area contributed by atoms with Gasteiger partial charge in [0.1, 0.15) is 17.7 Å². The van der Waals surface area contributed by atoms with Crippen LogP contribution in [0, 0.1) is 5.82 Å². The van der Waals surface area contributed by atoms with Crippen molar-refractivity contribution in [2.24, 2.45) is 0 Å². The highest BCUT2D eigenvalue weighted by Gasteiger charge is 2.23. The van der Waals surface area contributed by atoms with Crippen LogP contribution in [0.4, 0.5) is 13.2 Å². The van der Waals surface area contributed by atoms with Crippen molar-refractivity contribution in [1.82, 2.24) is 0 Å². The summed E-state index contributed by atoms with van der Waals surface area (Å²) in [5.41, 5.74) is -0.142. The van der Waals surface area contributed by atoms with E-state index in [1.807, 2.05) is 0 Å². The Morgan fingerprint density at radius 1 is 1.38 bits per heavy atom. The highest BCUT2D eigenvalue weighted by Crippen LogP contribution is 2.30. The Morgan fingerprint density at radius 3 is 2.62 bits per heavy atom. The van der Waals surface area contributed by atoms with Crippen molar-refractivity contribution < 1.29 is 32.9 Å². The fraction of sp³-hybridized carbons (Fsp3) is 0.462. The van der Waals surface area contributed by atoms with Gasteiger partial charge in [0, 0.05) is 24.3 Å². The predicted octanol–water partition coefficient (Wildman–Crippen LogP) is 2.49. The first-order valence-corrected chi connectivity index (χ1v) is 7.03. The maximum absolute atomic E-state index is 13.0. The van der Waals surface area contributed by atoms with E-state index in [1.54, 1.807) is 0 Å². The van der Waals surface area contributed by atoms with E-state index < -0.39 is 30.4 Å². The Balaban J connectivity index is 2.80. The molecule has 2 atom stereocenters. The first-order valence-electron chi connectivity index (χ1n) is 6.05. The second-order valence-electron chi connectivity index (χ2n) is 4.20. The molecule has 21 heavy (non-hydrogen) atoms. The topological polar surface area (TPSA) is 66.8 Å². The van der Waals surface area contributed by atoms with E-state index in [1.165, 1.54) is 6.92 Å². The van der Waals surface area contributed by atoms with Crippen LogP contribution in [0.5, 0.6) is 5.75 Å². The number of carbonyl (C=O) groups is 1. The fourth-order valence-corrected chi connectivity index (χ4v) is 2.29. The highest BCUT2D eigenvalue weighted by molar-refractivity contribution is 8.13. The van der Waals surface area contributed by atoms with Gasteiger partial charge in [0.15, 0.2) is 5.12 Å². The number of hydrogen-bond donors (Lipinski definition) is 2. The molecule has 8 heteroatoms. The van der Waals surface area contributed by atoms with E-state index in [4.69, 9.17) is 0 Å². The zero-order valence-electron chi connectivity index (χ0n) is 11.1.